The first-order chi connectivity index (χ1) is 14.2. The third-order valence-corrected chi connectivity index (χ3v) is 4.78. The Hall–Kier alpha value is -3.73. The van der Waals surface area contributed by atoms with E-state index in [0.29, 0.717) is 16.5 Å². The highest BCUT2D eigenvalue weighted by molar-refractivity contribution is 6.02. The Morgan fingerprint density at radius 1 is 0.862 bits per heavy atom. The highest BCUT2D eigenvalue weighted by Gasteiger charge is 2.19. The molecule has 0 spiro atoms. The van der Waals surface area contributed by atoms with Crippen LogP contribution in [0.4, 0.5) is 0 Å². The molecule has 3 aromatic carbocycles. The van der Waals surface area contributed by atoms with Crippen LogP contribution in [0.3, 0.4) is 0 Å². The van der Waals surface area contributed by atoms with Gasteiger partial charge in [-0.3, -0.25) is 4.79 Å². The van der Waals surface area contributed by atoms with Gasteiger partial charge in [-0.05, 0) is 35.7 Å². The van der Waals surface area contributed by atoms with Gasteiger partial charge in [0.15, 0.2) is 5.69 Å². The second-order valence-corrected chi connectivity index (χ2v) is 6.73. The van der Waals surface area contributed by atoms with Crippen molar-refractivity contribution in [2.75, 3.05) is 0 Å². The molecule has 1 heterocycles. The number of esters is 1. The maximum Gasteiger partial charge on any atom is 0.364 e. The number of aromatic nitrogens is 2. The Labute approximate surface area is 168 Å². The molecule has 29 heavy (non-hydrogen) atoms. The highest BCUT2D eigenvalue weighted by atomic mass is 16.5. The van der Waals surface area contributed by atoms with Crippen molar-refractivity contribution in [1.29, 1.82) is 0 Å². The summed E-state index contributed by atoms with van der Waals surface area (Å²) in [6.45, 7) is 2.34. The normalized spacial score (nSPS) is 10.8. The van der Waals surface area contributed by atoms with E-state index in [9.17, 15) is 9.59 Å². The van der Waals surface area contributed by atoms with E-state index < -0.39 is 5.97 Å². The van der Waals surface area contributed by atoms with Crippen LogP contribution in [-0.4, -0.2) is 15.7 Å². The van der Waals surface area contributed by atoms with Gasteiger partial charge >= 0.3 is 5.97 Å². The van der Waals surface area contributed by atoms with E-state index >= 15 is 0 Å². The maximum atomic E-state index is 12.9. The molecular formula is C24H20N2O3. The molecule has 0 aliphatic rings. The standard InChI is InChI=1S/C24H20N2O3/c1-2-17-12-14-19(15-13-17)29-24(28)22-20-10-6-7-11-21(20)23(27)26(25-22)16-18-8-4-3-5-9-18/h3-15H,2,16H2,1H3. The molecule has 144 valence electrons. The predicted molar refractivity (Wildman–Crippen MR) is 112 cm³/mol. The molecule has 0 fully saturated rings. The zero-order valence-corrected chi connectivity index (χ0v) is 16.0. The summed E-state index contributed by atoms with van der Waals surface area (Å²) >= 11 is 0. The number of hydrogen-bond acceptors (Lipinski definition) is 4. The van der Waals surface area contributed by atoms with Crippen LogP contribution in [0.2, 0.25) is 0 Å². The smallest absolute Gasteiger partial charge is 0.364 e. The van der Waals surface area contributed by atoms with Gasteiger partial charge in [0.1, 0.15) is 5.75 Å². The topological polar surface area (TPSA) is 61.2 Å². The van der Waals surface area contributed by atoms with Crippen LogP contribution >= 0.6 is 0 Å². The number of rotatable bonds is 5. The summed E-state index contributed by atoms with van der Waals surface area (Å²) in [5, 5.41) is 5.28. The number of hydrogen-bond donors (Lipinski definition) is 0. The van der Waals surface area contributed by atoms with Gasteiger partial charge in [0, 0.05) is 5.39 Å². The Bertz CT molecular complexity index is 1210. The van der Waals surface area contributed by atoms with Gasteiger partial charge in [-0.25, -0.2) is 9.48 Å². The summed E-state index contributed by atoms with van der Waals surface area (Å²) in [5.74, 6) is -0.147. The van der Waals surface area contributed by atoms with Gasteiger partial charge in [-0.1, -0.05) is 67.6 Å². The fraction of sp³-hybridized carbons (Fsp3) is 0.125. The largest absolute Gasteiger partial charge is 0.422 e. The fourth-order valence-corrected chi connectivity index (χ4v) is 3.20. The molecule has 0 bridgehead atoms. The fourth-order valence-electron chi connectivity index (χ4n) is 3.20. The van der Waals surface area contributed by atoms with Crippen LogP contribution in [-0.2, 0) is 13.0 Å². The number of aryl methyl sites for hydroxylation is 1. The molecule has 5 nitrogen and oxygen atoms in total. The van der Waals surface area contributed by atoms with Crippen LogP contribution in [0.25, 0.3) is 10.8 Å². The molecule has 0 saturated heterocycles. The van der Waals surface area contributed by atoms with Crippen molar-refractivity contribution in [3.05, 3.63) is 106 Å². The maximum absolute atomic E-state index is 12.9. The quantitative estimate of drug-likeness (QED) is 0.382. The number of ether oxygens (including phenoxy) is 1. The van der Waals surface area contributed by atoms with Crippen molar-refractivity contribution < 1.29 is 9.53 Å². The lowest BCUT2D eigenvalue weighted by molar-refractivity contribution is 0.0728. The monoisotopic (exact) mass is 384 g/mol. The summed E-state index contributed by atoms with van der Waals surface area (Å²) in [6.07, 6.45) is 0.908. The van der Waals surface area contributed by atoms with E-state index in [4.69, 9.17) is 4.74 Å². The Morgan fingerprint density at radius 3 is 2.21 bits per heavy atom. The highest BCUT2D eigenvalue weighted by Crippen LogP contribution is 2.18. The van der Waals surface area contributed by atoms with Crippen molar-refractivity contribution in [1.82, 2.24) is 9.78 Å². The van der Waals surface area contributed by atoms with E-state index in [1.807, 2.05) is 42.5 Å². The molecule has 0 radical (unpaired) electrons. The van der Waals surface area contributed by atoms with E-state index in [1.54, 1.807) is 36.4 Å². The number of carbonyl (C=O) groups excluding carboxylic acids is 1. The lowest BCUT2D eigenvalue weighted by atomic mass is 10.1. The first-order valence-corrected chi connectivity index (χ1v) is 9.50. The molecule has 0 aliphatic carbocycles. The Balaban J connectivity index is 1.74. The summed E-state index contributed by atoms with van der Waals surface area (Å²) in [5.41, 5.74) is 1.96. The average molecular weight is 384 g/mol. The van der Waals surface area contributed by atoms with Gasteiger partial charge in [-0.2, -0.15) is 5.10 Å². The molecule has 5 heteroatoms. The van der Waals surface area contributed by atoms with Crippen molar-refractivity contribution in [3.63, 3.8) is 0 Å². The third-order valence-electron chi connectivity index (χ3n) is 4.78. The van der Waals surface area contributed by atoms with Crippen LogP contribution < -0.4 is 10.3 Å². The molecule has 0 saturated carbocycles. The molecule has 0 unspecified atom stereocenters. The summed E-state index contributed by atoms with van der Waals surface area (Å²) in [7, 11) is 0. The first kappa shape index (κ1) is 18.6. The van der Waals surface area contributed by atoms with Crippen LogP contribution in [0.15, 0.2) is 83.7 Å². The van der Waals surface area contributed by atoms with Crippen LogP contribution in [0.1, 0.15) is 28.5 Å². The van der Waals surface area contributed by atoms with E-state index in [2.05, 4.69) is 12.0 Å². The lowest BCUT2D eigenvalue weighted by Gasteiger charge is -2.11. The zero-order chi connectivity index (χ0) is 20.2. The first-order valence-electron chi connectivity index (χ1n) is 9.50. The second-order valence-electron chi connectivity index (χ2n) is 6.73. The number of benzene rings is 3. The molecule has 0 atom stereocenters. The van der Waals surface area contributed by atoms with Gasteiger partial charge < -0.3 is 4.74 Å². The number of fused-ring (bicyclic) bond motifs is 1. The van der Waals surface area contributed by atoms with Gasteiger partial charge in [-0.15, -0.1) is 0 Å². The zero-order valence-electron chi connectivity index (χ0n) is 16.0. The molecule has 1 aromatic heterocycles. The molecule has 4 aromatic rings. The second kappa shape index (κ2) is 8.10. The summed E-state index contributed by atoms with van der Waals surface area (Å²) < 4.78 is 6.85. The number of carbonyl (C=O) groups is 1. The van der Waals surface area contributed by atoms with Gasteiger partial charge in [0.05, 0.1) is 11.9 Å². The van der Waals surface area contributed by atoms with Crippen molar-refractivity contribution >= 4 is 16.7 Å². The Morgan fingerprint density at radius 2 is 1.52 bits per heavy atom. The van der Waals surface area contributed by atoms with Crippen molar-refractivity contribution in [3.8, 4) is 5.75 Å². The predicted octanol–water partition coefficient (Wildman–Crippen LogP) is 4.23. The third kappa shape index (κ3) is 3.94. The van der Waals surface area contributed by atoms with E-state index in [0.717, 1.165) is 17.5 Å². The van der Waals surface area contributed by atoms with E-state index in [1.165, 1.54) is 4.68 Å². The molecule has 0 N–H and O–H groups in total. The SMILES string of the molecule is CCc1ccc(OC(=O)c2nn(Cc3ccccc3)c(=O)c3ccccc23)cc1. The minimum absolute atomic E-state index is 0.121. The lowest BCUT2D eigenvalue weighted by Crippen LogP contribution is -2.27. The van der Waals surface area contributed by atoms with Gasteiger partial charge in [0.25, 0.3) is 5.56 Å². The van der Waals surface area contributed by atoms with Crippen LogP contribution in [0, 0.1) is 0 Å². The molecule has 0 amide bonds. The van der Waals surface area contributed by atoms with Crippen molar-refractivity contribution in [2.24, 2.45) is 0 Å². The summed E-state index contributed by atoms with van der Waals surface area (Å²) in [6, 6.07) is 23.9. The molecule has 0 aliphatic heterocycles. The minimum Gasteiger partial charge on any atom is -0.422 e. The number of nitrogens with zero attached hydrogens (tertiary/aromatic N) is 2. The Kier molecular flexibility index (Phi) is 5.20. The van der Waals surface area contributed by atoms with E-state index in [-0.39, 0.29) is 17.8 Å². The average Bonchev–Trinajstić information content (AvgIpc) is 2.77. The van der Waals surface area contributed by atoms with Crippen molar-refractivity contribution in [2.45, 2.75) is 19.9 Å². The molecule has 4 rings (SSSR count). The van der Waals surface area contributed by atoms with Gasteiger partial charge in [0.2, 0.25) is 0 Å². The molecular weight excluding hydrogens is 364 g/mol. The summed E-state index contributed by atoms with van der Waals surface area (Å²) in [4.78, 5) is 25.8. The minimum atomic E-state index is -0.590. The van der Waals surface area contributed by atoms with Crippen LogP contribution in [0.5, 0.6) is 5.75 Å².